The second-order valence-corrected chi connectivity index (χ2v) is 8.72. The van der Waals surface area contributed by atoms with Gasteiger partial charge in [-0.25, -0.2) is 4.98 Å². The standard InChI is InChI=1S/C25H17N5O3S/c31-23(14-6-2-1-3-7-14)28-25-27-18-11-10-15(12-20(18)34-25)26-24(32)22-17-13-33-19-9-5-4-8-16(19)21(17)29-30-22/h1-12H,13H2,(H,26,32)(H,29,30)(H,27,28,31). The Bertz CT molecular complexity index is 1560. The van der Waals surface area contributed by atoms with Gasteiger partial charge in [0.05, 0.1) is 10.2 Å². The average molecular weight is 468 g/mol. The Morgan fingerprint density at radius 3 is 2.65 bits per heavy atom. The number of ether oxygens (including phenoxy) is 1. The number of aromatic amines is 1. The van der Waals surface area contributed by atoms with Gasteiger partial charge in [-0.15, -0.1) is 0 Å². The number of anilines is 2. The Morgan fingerprint density at radius 2 is 1.76 bits per heavy atom. The summed E-state index contributed by atoms with van der Waals surface area (Å²) in [4.78, 5) is 29.9. The normalized spacial score (nSPS) is 11.9. The van der Waals surface area contributed by atoms with Crippen molar-refractivity contribution in [3.05, 3.63) is 89.6 Å². The molecule has 0 spiro atoms. The Morgan fingerprint density at radius 1 is 0.941 bits per heavy atom. The van der Waals surface area contributed by atoms with E-state index in [1.54, 1.807) is 24.3 Å². The molecular formula is C25H17N5O3S. The number of H-pyrrole nitrogens is 1. The number of aromatic nitrogens is 3. The van der Waals surface area contributed by atoms with Gasteiger partial charge in [0.25, 0.3) is 11.8 Å². The van der Waals surface area contributed by atoms with Crippen molar-refractivity contribution in [1.82, 2.24) is 15.2 Å². The van der Waals surface area contributed by atoms with Gasteiger partial charge in [-0.3, -0.25) is 20.0 Å². The molecule has 0 saturated heterocycles. The molecule has 166 valence electrons. The van der Waals surface area contributed by atoms with Gasteiger partial charge in [0, 0.05) is 22.4 Å². The summed E-state index contributed by atoms with van der Waals surface area (Å²) in [6.45, 7) is 0.268. The largest absolute Gasteiger partial charge is 0.488 e. The Balaban J connectivity index is 1.22. The van der Waals surface area contributed by atoms with Crippen molar-refractivity contribution >= 4 is 44.2 Å². The molecule has 5 aromatic rings. The van der Waals surface area contributed by atoms with Crippen LogP contribution in [0.5, 0.6) is 5.75 Å². The van der Waals surface area contributed by atoms with Crippen molar-refractivity contribution in [2.45, 2.75) is 6.61 Å². The number of amides is 2. The lowest BCUT2D eigenvalue weighted by Crippen LogP contribution is -2.16. The molecule has 1 aliphatic rings. The molecule has 6 rings (SSSR count). The molecule has 0 bridgehead atoms. The fraction of sp³-hybridized carbons (Fsp3) is 0.0400. The van der Waals surface area contributed by atoms with E-state index in [1.807, 2.05) is 48.5 Å². The van der Waals surface area contributed by atoms with Gasteiger partial charge in [-0.05, 0) is 42.5 Å². The molecule has 0 atom stereocenters. The van der Waals surface area contributed by atoms with Crippen LogP contribution in [0.1, 0.15) is 26.4 Å². The summed E-state index contributed by atoms with van der Waals surface area (Å²) in [6.07, 6.45) is 0. The highest BCUT2D eigenvalue weighted by molar-refractivity contribution is 7.22. The number of rotatable bonds is 4. The molecule has 3 aromatic carbocycles. The third-order valence-electron chi connectivity index (χ3n) is 5.51. The van der Waals surface area contributed by atoms with Gasteiger partial charge in [0.2, 0.25) is 0 Å². The van der Waals surface area contributed by atoms with E-state index in [0.717, 1.165) is 32.8 Å². The zero-order chi connectivity index (χ0) is 23.1. The Kier molecular flexibility index (Phi) is 4.81. The minimum absolute atomic E-state index is 0.221. The molecule has 0 unspecified atom stereocenters. The van der Waals surface area contributed by atoms with Crippen LogP contribution in [0, 0.1) is 0 Å². The molecule has 8 nitrogen and oxygen atoms in total. The number of benzene rings is 3. The first-order valence-corrected chi connectivity index (χ1v) is 11.3. The van der Waals surface area contributed by atoms with Crippen LogP contribution >= 0.6 is 11.3 Å². The van der Waals surface area contributed by atoms with E-state index in [2.05, 4.69) is 25.8 Å². The Hall–Kier alpha value is -4.50. The van der Waals surface area contributed by atoms with E-state index in [0.29, 0.717) is 22.1 Å². The first-order valence-electron chi connectivity index (χ1n) is 10.5. The number of carbonyl (C=O) groups excluding carboxylic acids is 2. The molecule has 0 saturated carbocycles. The molecule has 0 radical (unpaired) electrons. The number of fused-ring (bicyclic) bond motifs is 4. The van der Waals surface area contributed by atoms with Crippen LogP contribution in [0.25, 0.3) is 21.5 Å². The molecule has 2 amide bonds. The van der Waals surface area contributed by atoms with Crippen LogP contribution in [0.2, 0.25) is 0 Å². The first kappa shape index (κ1) is 20.1. The lowest BCUT2D eigenvalue weighted by molar-refractivity contribution is 0.101. The molecule has 9 heteroatoms. The molecule has 1 aliphatic heterocycles. The molecule has 0 fully saturated rings. The molecule has 0 aliphatic carbocycles. The zero-order valence-corrected chi connectivity index (χ0v) is 18.5. The zero-order valence-electron chi connectivity index (χ0n) is 17.7. The van der Waals surface area contributed by atoms with Crippen LogP contribution in [-0.2, 0) is 6.61 Å². The van der Waals surface area contributed by atoms with Gasteiger partial charge >= 0.3 is 0 Å². The molecule has 3 N–H and O–H groups in total. The van der Waals surface area contributed by atoms with E-state index in [9.17, 15) is 9.59 Å². The lowest BCUT2D eigenvalue weighted by atomic mass is 10.0. The molecule has 3 heterocycles. The molecule has 2 aromatic heterocycles. The van der Waals surface area contributed by atoms with Crippen LogP contribution in [0.15, 0.2) is 72.8 Å². The van der Waals surface area contributed by atoms with Gasteiger partial charge < -0.3 is 10.1 Å². The predicted octanol–water partition coefficient (Wildman–Crippen LogP) is 5.08. The highest BCUT2D eigenvalue weighted by Gasteiger charge is 2.26. The molecule has 34 heavy (non-hydrogen) atoms. The number of hydrogen-bond acceptors (Lipinski definition) is 6. The maximum absolute atomic E-state index is 13.0. The van der Waals surface area contributed by atoms with Gasteiger partial charge in [0.1, 0.15) is 23.7 Å². The highest BCUT2D eigenvalue weighted by Crippen LogP contribution is 2.37. The van der Waals surface area contributed by atoms with E-state index in [-0.39, 0.29) is 18.4 Å². The van der Waals surface area contributed by atoms with Crippen LogP contribution in [-0.4, -0.2) is 27.0 Å². The number of para-hydroxylation sites is 1. The maximum Gasteiger partial charge on any atom is 0.274 e. The average Bonchev–Trinajstić information content (AvgIpc) is 3.48. The Labute approximate surface area is 197 Å². The summed E-state index contributed by atoms with van der Waals surface area (Å²) in [6, 6.07) is 22.0. The minimum Gasteiger partial charge on any atom is -0.488 e. The summed E-state index contributed by atoms with van der Waals surface area (Å²) in [5.41, 5.74) is 4.58. The number of hydrogen-bond donors (Lipinski definition) is 3. The van der Waals surface area contributed by atoms with E-state index >= 15 is 0 Å². The topological polar surface area (TPSA) is 109 Å². The van der Waals surface area contributed by atoms with Crippen molar-refractivity contribution in [1.29, 1.82) is 0 Å². The van der Waals surface area contributed by atoms with Crippen LogP contribution in [0.3, 0.4) is 0 Å². The third-order valence-corrected chi connectivity index (χ3v) is 6.44. The number of carbonyl (C=O) groups is 2. The highest BCUT2D eigenvalue weighted by atomic mass is 32.1. The minimum atomic E-state index is -0.307. The summed E-state index contributed by atoms with van der Waals surface area (Å²) < 4.78 is 6.63. The van der Waals surface area contributed by atoms with Crippen molar-refractivity contribution in [2.75, 3.05) is 10.6 Å². The SMILES string of the molecule is O=C(Nc1nc2ccc(NC(=O)c3[nH]nc4c3COc3ccccc3-4)cc2s1)c1ccccc1. The van der Waals surface area contributed by atoms with E-state index < -0.39 is 0 Å². The summed E-state index contributed by atoms with van der Waals surface area (Å²) >= 11 is 1.34. The monoisotopic (exact) mass is 467 g/mol. The molecular weight excluding hydrogens is 450 g/mol. The maximum atomic E-state index is 13.0. The van der Waals surface area contributed by atoms with Crippen LogP contribution in [0.4, 0.5) is 10.8 Å². The fourth-order valence-corrected chi connectivity index (χ4v) is 4.76. The van der Waals surface area contributed by atoms with E-state index in [4.69, 9.17) is 4.74 Å². The number of nitrogens with zero attached hydrogens (tertiary/aromatic N) is 2. The van der Waals surface area contributed by atoms with Gasteiger partial charge in [0.15, 0.2) is 5.13 Å². The quantitative estimate of drug-likeness (QED) is 0.341. The predicted molar refractivity (Wildman–Crippen MR) is 130 cm³/mol. The van der Waals surface area contributed by atoms with Crippen molar-refractivity contribution in [3.8, 4) is 17.0 Å². The van der Waals surface area contributed by atoms with Crippen LogP contribution < -0.4 is 15.4 Å². The first-order chi connectivity index (χ1) is 16.7. The second-order valence-electron chi connectivity index (χ2n) is 7.69. The summed E-state index contributed by atoms with van der Waals surface area (Å²) in [5.74, 6) is 0.221. The van der Waals surface area contributed by atoms with E-state index in [1.165, 1.54) is 11.3 Å². The summed E-state index contributed by atoms with van der Waals surface area (Å²) in [5, 5.41) is 13.4. The van der Waals surface area contributed by atoms with Gasteiger partial charge in [-0.1, -0.05) is 41.7 Å². The number of thiazole rings is 1. The van der Waals surface area contributed by atoms with Crippen molar-refractivity contribution < 1.29 is 14.3 Å². The fourth-order valence-electron chi connectivity index (χ4n) is 3.86. The lowest BCUT2D eigenvalue weighted by Gasteiger charge is -2.17. The smallest absolute Gasteiger partial charge is 0.274 e. The number of nitrogens with one attached hydrogen (secondary N) is 3. The third kappa shape index (κ3) is 3.57. The van der Waals surface area contributed by atoms with Crippen molar-refractivity contribution in [2.24, 2.45) is 0 Å². The van der Waals surface area contributed by atoms with Gasteiger partial charge in [-0.2, -0.15) is 5.10 Å². The summed E-state index contributed by atoms with van der Waals surface area (Å²) in [7, 11) is 0. The second kappa shape index (κ2) is 8.13. The van der Waals surface area contributed by atoms with Crippen molar-refractivity contribution in [3.63, 3.8) is 0 Å².